The van der Waals surface area contributed by atoms with Crippen molar-refractivity contribution in [1.29, 1.82) is 0 Å². The monoisotopic (exact) mass is 621 g/mol. The summed E-state index contributed by atoms with van der Waals surface area (Å²) in [4.78, 5) is 3.17. The van der Waals surface area contributed by atoms with Crippen LogP contribution < -0.4 is 15.4 Å². The minimum absolute atomic E-state index is 0.135. The number of likely N-dealkylation sites (N-methyl/N-ethyl adjacent to an activating group) is 2. The second kappa shape index (κ2) is 14.6. The molecule has 0 aliphatic carbocycles. The summed E-state index contributed by atoms with van der Waals surface area (Å²) in [6.45, 7) is 0.947. The molecule has 1 saturated heterocycles. The fourth-order valence-corrected chi connectivity index (χ4v) is 6.86. The van der Waals surface area contributed by atoms with Crippen molar-refractivity contribution >= 4 is 45.0 Å². The van der Waals surface area contributed by atoms with Crippen LogP contribution in [-0.4, -0.2) is 89.6 Å². The largest absolute Gasteiger partial charge is 0.495 e. The van der Waals surface area contributed by atoms with Gasteiger partial charge in [-0.15, -0.1) is 0 Å². The molecule has 4 rings (SSSR count). The number of benzene rings is 2. The number of fused-ring (bicyclic) bond motifs is 1. The Morgan fingerprint density at radius 2 is 1.86 bits per heavy atom. The highest BCUT2D eigenvalue weighted by Crippen LogP contribution is 2.33. The number of nitrogens with zero attached hydrogens (tertiary/aromatic N) is 3. The van der Waals surface area contributed by atoms with Crippen molar-refractivity contribution in [3.63, 3.8) is 0 Å². The smallest absolute Gasteiger partial charge is 0.406 e. The number of halogens is 3. The van der Waals surface area contributed by atoms with Gasteiger partial charge in [-0.3, -0.25) is 4.21 Å². The van der Waals surface area contributed by atoms with Crippen molar-refractivity contribution in [2.75, 3.05) is 70.0 Å². The van der Waals surface area contributed by atoms with Crippen molar-refractivity contribution in [2.45, 2.75) is 36.5 Å². The van der Waals surface area contributed by atoms with Crippen LogP contribution in [0.3, 0.4) is 0 Å². The number of alkyl halides is 3. The number of methoxy groups -OCH3 is 1. The summed E-state index contributed by atoms with van der Waals surface area (Å²) in [6, 6.07) is 13.0. The molecule has 2 heterocycles. The summed E-state index contributed by atoms with van der Waals surface area (Å²) in [7, 11) is 6.93. The van der Waals surface area contributed by atoms with E-state index in [2.05, 4.69) is 31.7 Å². The van der Waals surface area contributed by atoms with Crippen LogP contribution in [0.25, 0.3) is 10.9 Å². The molecule has 0 amide bonds. The Morgan fingerprint density at radius 3 is 2.55 bits per heavy atom. The summed E-state index contributed by atoms with van der Waals surface area (Å²) in [5, 5.41) is 7.39. The van der Waals surface area contributed by atoms with E-state index in [-0.39, 0.29) is 12.6 Å². The standard InChI is InChI=1S/C30H38F3N5O2S2/c1-36(2)15-16-37(3)41-24-10-11-27(29(20-24)40-4)34-14-6-7-23-19-25-26(35-22-12-17-42(39)18-13-22)8-5-9-28(25)38(23)21-30(31,32)33/h5,8-11,19-20,22,34-35H,12-18,21H2,1-4H3. The fourth-order valence-electron chi connectivity index (χ4n) is 4.74. The molecule has 1 aliphatic rings. The van der Waals surface area contributed by atoms with Gasteiger partial charge in [-0.25, -0.2) is 4.31 Å². The van der Waals surface area contributed by atoms with E-state index in [1.807, 2.05) is 45.4 Å². The molecule has 12 heteroatoms. The SMILES string of the molecule is COc1cc(SN(C)CCN(C)C)ccc1NCC#Cc1cc2c(NC3CCS(=O)CC3)cccc2n1CC(F)(F)F. The first-order chi connectivity index (χ1) is 20.0. The van der Waals surface area contributed by atoms with E-state index in [9.17, 15) is 17.4 Å². The van der Waals surface area contributed by atoms with Crippen LogP contribution in [0.15, 0.2) is 47.4 Å². The lowest BCUT2D eigenvalue weighted by Gasteiger charge is -2.24. The highest BCUT2D eigenvalue weighted by atomic mass is 32.2. The van der Waals surface area contributed by atoms with Crippen LogP contribution in [0.1, 0.15) is 18.5 Å². The van der Waals surface area contributed by atoms with Crippen LogP contribution in [0, 0.1) is 11.8 Å². The fraction of sp³-hybridized carbons (Fsp3) is 0.467. The molecule has 1 aliphatic heterocycles. The Labute approximate surface area is 252 Å². The van der Waals surface area contributed by atoms with E-state index in [0.29, 0.717) is 33.9 Å². The summed E-state index contributed by atoms with van der Waals surface area (Å²) >= 11 is 1.63. The van der Waals surface area contributed by atoms with Gasteiger partial charge in [0.15, 0.2) is 0 Å². The molecular weight excluding hydrogens is 583 g/mol. The van der Waals surface area contributed by atoms with E-state index >= 15 is 0 Å². The summed E-state index contributed by atoms with van der Waals surface area (Å²) in [5.74, 6) is 7.87. The van der Waals surface area contributed by atoms with E-state index in [0.717, 1.165) is 42.2 Å². The lowest BCUT2D eigenvalue weighted by Crippen LogP contribution is -2.29. The van der Waals surface area contributed by atoms with Gasteiger partial charge in [0.25, 0.3) is 0 Å². The molecule has 0 saturated carbocycles. The molecule has 0 spiro atoms. The predicted molar refractivity (Wildman–Crippen MR) is 168 cm³/mol. The number of aromatic nitrogens is 1. The maximum Gasteiger partial charge on any atom is 0.406 e. The third-order valence-electron chi connectivity index (χ3n) is 6.91. The molecule has 228 valence electrons. The average molecular weight is 622 g/mol. The number of anilines is 2. The van der Waals surface area contributed by atoms with Gasteiger partial charge < -0.3 is 24.8 Å². The highest BCUT2D eigenvalue weighted by molar-refractivity contribution is 7.97. The molecule has 1 fully saturated rings. The molecule has 3 aromatic rings. The van der Waals surface area contributed by atoms with Crippen molar-refractivity contribution in [3.05, 3.63) is 48.2 Å². The minimum Gasteiger partial charge on any atom is -0.495 e. The van der Waals surface area contributed by atoms with Crippen molar-refractivity contribution in [1.82, 2.24) is 13.8 Å². The molecule has 0 bridgehead atoms. The van der Waals surface area contributed by atoms with Crippen LogP contribution in [0.2, 0.25) is 0 Å². The Hall–Kier alpha value is -2.85. The maximum atomic E-state index is 13.6. The molecule has 2 aromatic carbocycles. The molecule has 0 radical (unpaired) electrons. The Balaban J connectivity index is 1.50. The first-order valence-electron chi connectivity index (χ1n) is 13.8. The van der Waals surface area contributed by atoms with Crippen molar-refractivity contribution in [2.24, 2.45) is 0 Å². The minimum atomic E-state index is -4.40. The zero-order valence-electron chi connectivity index (χ0n) is 24.4. The van der Waals surface area contributed by atoms with E-state index in [4.69, 9.17) is 4.74 Å². The van der Waals surface area contributed by atoms with Gasteiger partial charge in [-0.2, -0.15) is 13.2 Å². The number of hydrogen-bond acceptors (Lipinski definition) is 7. The summed E-state index contributed by atoms with van der Waals surface area (Å²) in [6.07, 6.45) is -2.87. The van der Waals surface area contributed by atoms with Gasteiger partial charge in [-0.1, -0.05) is 12.0 Å². The van der Waals surface area contributed by atoms with Crippen LogP contribution in [0.4, 0.5) is 24.5 Å². The third-order valence-corrected chi connectivity index (χ3v) is 9.25. The van der Waals surface area contributed by atoms with Gasteiger partial charge in [0.05, 0.1) is 30.6 Å². The van der Waals surface area contributed by atoms with Crippen LogP contribution in [0.5, 0.6) is 5.75 Å². The van der Waals surface area contributed by atoms with Crippen molar-refractivity contribution in [3.8, 4) is 17.6 Å². The molecule has 42 heavy (non-hydrogen) atoms. The number of hydrogen-bond donors (Lipinski definition) is 2. The first-order valence-corrected chi connectivity index (χ1v) is 16.0. The second-order valence-electron chi connectivity index (χ2n) is 10.5. The van der Waals surface area contributed by atoms with Gasteiger partial charge in [0.1, 0.15) is 12.3 Å². The maximum absolute atomic E-state index is 13.6. The molecule has 2 N–H and O–H groups in total. The van der Waals surface area contributed by atoms with E-state index in [1.165, 1.54) is 4.57 Å². The van der Waals surface area contributed by atoms with Crippen molar-refractivity contribution < 1.29 is 22.1 Å². The lowest BCUT2D eigenvalue weighted by molar-refractivity contribution is -0.140. The normalized spacial score (nSPS) is 17.4. The average Bonchev–Trinajstić information content (AvgIpc) is 3.28. The summed E-state index contributed by atoms with van der Waals surface area (Å²) < 4.78 is 61.4. The molecule has 0 unspecified atom stereocenters. The van der Waals surface area contributed by atoms with E-state index in [1.54, 1.807) is 37.3 Å². The Kier molecular flexibility index (Phi) is 11.1. The van der Waals surface area contributed by atoms with Crippen LogP contribution in [-0.2, 0) is 17.3 Å². The van der Waals surface area contributed by atoms with Gasteiger partial charge in [-0.05, 0) is 88.3 Å². The predicted octanol–water partition coefficient (Wildman–Crippen LogP) is 5.50. The van der Waals surface area contributed by atoms with Gasteiger partial charge in [0.2, 0.25) is 0 Å². The quantitative estimate of drug-likeness (QED) is 0.217. The molecule has 7 nitrogen and oxygen atoms in total. The second-order valence-corrected chi connectivity index (χ2v) is 13.5. The zero-order valence-corrected chi connectivity index (χ0v) is 26.0. The van der Waals surface area contributed by atoms with E-state index < -0.39 is 23.5 Å². The number of rotatable bonds is 11. The van der Waals surface area contributed by atoms with Gasteiger partial charge >= 0.3 is 6.18 Å². The molecule has 0 atom stereocenters. The Bertz CT molecular complexity index is 1440. The topological polar surface area (TPSA) is 61.8 Å². The Morgan fingerprint density at radius 1 is 1.10 bits per heavy atom. The zero-order chi connectivity index (χ0) is 30.3. The number of ether oxygens (including phenoxy) is 1. The summed E-state index contributed by atoms with van der Waals surface area (Å²) in [5.41, 5.74) is 2.28. The van der Waals surface area contributed by atoms with Crippen LogP contribution >= 0.6 is 11.9 Å². The number of nitrogens with one attached hydrogen (secondary N) is 2. The molecule has 1 aromatic heterocycles. The molecular formula is C30H38F3N5O2S2. The highest BCUT2D eigenvalue weighted by Gasteiger charge is 2.30. The lowest BCUT2D eigenvalue weighted by atomic mass is 10.1. The third kappa shape index (κ3) is 9.07. The first kappa shape index (κ1) is 32.1. The van der Waals surface area contributed by atoms with Gasteiger partial charge in [0, 0.05) is 57.4 Å².